The largest absolute Gasteiger partial charge is 0.325 e. The summed E-state index contributed by atoms with van der Waals surface area (Å²) in [6.07, 6.45) is 1.47. The summed E-state index contributed by atoms with van der Waals surface area (Å²) in [6.45, 7) is 0. The number of benzene rings is 2. The Bertz CT molecular complexity index is 1140. The molecule has 0 unspecified atom stereocenters. The smallest absolute Gasteiger partial charge is 0.240 e. The van der Waals surface area contributed by atoms with Crippen molar-refractivity contribution in [1.29, 1.82) is 0 Å². The van der Waals surface area contributed by atoms with Crippen molar-refractivity contribution in [3.63, 3.8) is 0 Å². The molecule has 0 bridgehead atoms. The van der Waals surface area contributed by atoms with Crippen LogP contribution in [0.2, 0.25) is 5.02 Å². The summed E-state index contributed by atoms with van der Waals surface area (Å²) in [5.74, 6) is -0.786. The van der Waals surface area contributed by atoms with Gasteiger partial charge in [-0.05, 0) is 29.8 Å². The van der Waals surface area contributed by atoms with Crippen LogP contribution in [-0.2, 0) is 15.0 Å². The number of carbonyl (C=O) groups excluding carboxylic acids is 2. The zero-order valence-electron chi connectivity index (χ0n) is 13.8. The van der Waals surface area contributed by atoms with Crippen LogP contribution in [0.3, 0.4) is 0 Å². The van der Waals surface area contributed by atoms with Crippen molar-refractivity contribution in [2.24, 2.45) is 0 Å². The van der Waals surface area contributed by atoms with Crippen molar-refractivity contribution in [3.8, 4) is 5.69 Å². The summed E-state index contributed by atoms with van der Waals surface area (Å²) in [4.78, 5) is 25.5. The van der Waals surface area contributed by atoms with Gasteiger partial charge in [0.05, 0.1) is 16.9 Å². The van der Waals surface area contributed by atoms with Crippen molar-refractivity contribution >= 4 is 34.9 Å². The maximum absolute atomic E-state index is 13.6. The minimum absolute atomic E-state index is 0.0846. The molecule has 0 saturated heterocycles. The number of para-hydroxylation sites is 1. The van der Waals surface area contributed by atoms with Gasteiger partial charge in [-0.25, -0.2) is 9.07 Å². The molecule has 0 fully saturated rings. The molecule has 3 aromatic rings. The lowest BCUT2D eigenvalue weighted by Crippen LogP contribution is -2.43. The van der Waals surface area contributed by atoms with Crippen LogP contribution in [0.15, 0.2) is 48.7 Å². The van der Waals surface area contributed by atoms with E-state index in [4.69, 9.17) is 11.6 Å². The molecule has 1 aromatic heterocycles. The van der Waals surface area contributed by atoms with Crippen LogP contribution in [-0.4, -0.2) is 21.6 Å². The Morgan fingerprint density at radius 3 is 2.74 bits per heavy atom. The first-order valence-electron chi connectivity index (χ1n) is 8.25. The van der Waals surface area contributed by atoms with E-state index < -0.39 is 11.2 Å². The first-order valence-corrected chi connectivity index (χ1v) is 8.63. The summed E-state index contributed by atoms with van der Waals surface area (Å²) in [6, 6.07) is 11.1. The molecule has 2 aliphatic heterocycles. The van der Waals surface area contributed by atoms with Crippen LogP contribution in [0.4, 0.5) is 15.9 Å². The van der Waals surface area contributed by atoms with E-state index in [0.717, 1.165) is 0 Å². The van der Waals surface area contributed by atoms with Crippen molar-refractivity contribution in [3.05, 3.63) is 70.6 Å². The van der Waals surface area contributed by atoms with Gasteiger partial charge in [-0.2, -0.15) is 5.10 Å². The molecule has 2 aliphatic rings. The van der Waals surface area contributed by atoms with Crippen molar-refractivity contribution in [2.45, 2.75) is 11.8 Å². The van der Waals surface area contributed by atoms with Gasteiger partial charge in [-0.3, -0.25) is 9.59 Å². The van der Waals surface area contributed by atoms with Gasteiger partial charge in [-0.15, -0.1) is 0 Å². The molecule has 3 heterocycles. The third kappa shape index (κ3) is 2.09. The molecule has 0 saturated carbocycles. The quantitative estimate of drug-likeness (QED) is 0.678. The van der Waals surface area contributed by atoms with E-state index in [-0.39, 0.29) is 18.2 Å². The van der Waals surface area contributed by atoms with E-state index in [1.54, 1.807) is 30.5 Å². The first-order chi connectivity index (χ1) is 13.0. The fraction of sp³-hybridized carbons (Fsp3) is 0.105. The highest BCUT2D eigenvalue weighted by molar-refractivity contribution is 6.32. The lowest BCUT2D eigenvalue weighted by atomic mass is 9.72. The van der Waals surface area contributed by atoms with E-state index >= 15 is 0 Å². The molecule has 27 heavy (non-hydrogen) atoms. The Labute approximate surface area is 157 Å². The van der Waals surface area contributed by atoms with E-state index in [9.17, 15) is 14.0 Å². The number of nitrogens with zero attached hydrogens (tertiary/aromatic N) is 2. The highest BCUT2D eigenvalue weighted by atomic mass is 35.5. The van der Waals surface area contributed by atoms with Gasteiger partial charge < -0.3 is 10.6 Å². The van der Waals surface area contributed by atoms with E-state index in [1.165, 1.54) is 22.9 Å². The number of aromatic nitrogens is 2. The van der Waals surface area contributed by atoms with Crippen LogP contribution in [0.5, 0.6) is 0 Å². The molecule has 0 aliphatic carbocycles. The number of rotatable bonds is 1. The second-order valence-corrected chi connectivity index (χ2v) is 6.95. The molecule has 134 valence electrons. The predicted molar refractivity (Wildman–Crippen MR) is 97.6 cm³/mol. The maximum atomic E-state index is 13.6. The zero-order chi connectivity index (χ0) is 18.8. The van der Waals surface area contributed by atoms with Crippen LogP contribution in [0.1, 0.15) is 17.5 Å². The fourth-order valence-electron chi connectivity index (χ4n) is 3.89. The molecule has 0 radical (unpaired) electrons. The number of carbonyl (C=O) groups is 2. The number of hydrogen-bond acceptors (Lipinski definition) is 3. The Hall–Kier alpha value is -3.19. The number of fused-ring (bicyclic) bond motifs is 4. The average molecular weight is 383 g/mol. The average Bonchev–Trinajstić information content (AvgIpc) is 3.15. The van der Waals surface area contributed by atoms with E-state index in [0.29, 0.717) is 33.3 Å². The molecular formula is C19H12ClFN4O2. The van der Waals surface area contributed by atoms with Gasteiger partial charge in [0.2, 0.25) is 11.8 Å². The number of halogens is 2. The zero-order valence-corrected chi connectivity index (χ0v) is 14.5. The topological polar surface area (TPSA) is 76.0 Å². The summed E-state index contributed by atoms with van der Waals surface area (Å²) in [7, 11) is 0. The van der Waals surface area contributed by atoms with Crippen LogP contribution in [0, 0.1) is 5.82 Å². The number of amides is 2. The van der Waals surface area contributed by atoms with E-state index in [1.807, 2.05) is 0 Å². The molecular weight excluding hydrogens is 371 g/mol. The first kappa shape index (κ1) is 16.0. The number of anilines is 2. The third-order valence-corrected chi connectivity index (χ3v) is 5.39. The minimum Gasteiger partial charge on any atom is -0.325 e. The van der Waals surface area contributed by atoms with Gasteiger partial charge in [0, 0.05) is 17.7 Å². The van der Waals surface area contributed by atoms with Crippen molar-refractivity contribution < 1.29 is 14.0 Å². The molecule has 5 rings (SSSR count). The Morgan fingerprint density at radius 2 is 1.93 bits per heavy atom. The Kier molecular flexibility index (Phi) is 3.21. The normalized spacial score (nSPS) is 20.2. The minimum atomic E-state index is -1.25. The van der Waals surface area contributed by atoms with Gasteiger partial charge in [0.15, 0.2) is 0 Å². The lowest BCUT2D eigenvalue weighted by Gasteiger charge is -2.31. The molecule has 1 atom stereocenters. The number of nitrogens with one attached hydrogen (secondary N) is 2. The molecule has 1 spiro atoms. The summed E-state index contributed by atoms with van der Waals surface area (Å²) in [5, 5.41) is 10.3. The van der Waals surface area contributed by atoms with Gasteiger partial charge in [0.25, 0.3) is 0 Å². The Balaban J connectivity index is 1.78. The highest BCUT2D eigenvalue weighted by Crippen LogP contribution is 2.50. The molecule has 2 N–H and O–H groups in total. The second kappa shape index (κ2) is 5.40. The van der Waals surface area contributed by atoms with Crippen molar-refractivity contribution in [1.82, 2.24) is 9.78 Å². The maximum Gasteiger partial charge on any atom is 0.240 e. The molecule has 2 aromatic carbocycles. The number of hydrogen-bond donors (Lipinski definition) is 2. The molecule has 6 nitrogen and oxygen atoms in total. The van der Waals surface area contributed by atoms with Gasteiger partial charge in [0.1, 0.15) is 17.1 Å². The van der Waals surface area contributed by atoms with Crippen LogP contribution < -0.4 is 10.6 Å². The molecule has 2 amide bonds. The highest BCUT2D eigenvalue weighted by Gasteiger charge is 2.54. The second-order valence-electron chi connectivity index (χ2n) is 6.54. The van der Waals surface area contributed by atoms with Gasteiger partial charge in [-0.1, -0.05) is 29.8 Å². The predicted octanol–water partition coefficient (Wildman–Crippen LogP) is 3.25. The summed E-state index contributed by atoms with van der Waals surface area (Å²) in [5.41, 5.74) is 0.801. The summed E-state index contributed by atoms with van der Waals surface area (Å²) < 4.78 is 15.1. The monoisotopic (exact) mass is 382 g/mol. The van der Waals surface area contributed by atoms with Crippen LogP contribution >= 0.6 is 11.6 Å². The summed E-state index contributed by atoms with van der Waals surface area (Å²) >= 11 is 6.28. The SMILES string of the molecule is O=C1C[C@]2(C(=O)Nc3cc(F)ccc32)c2cnn(-c3ccccc3Cl)c2N1. The fourth-order valence-corrected chi connectivity index (χ4v) is 4.10. The third-order valence-electron chi connectivity index (χ3n) is 5.07. The molecule has 8 heteroatoms. The van der Waals surface area contributed by atoms with E-state index in [2.05, 4.69) is 15.7 Å². The van der Waals surface area contributed by atoms with Gasteiger partial charge >= 0.3 is 0 Å². The lowest BCUT2D eigenvalue weighted by molar-refractivity contribution is -0.125. The Morgan fingerprint density at radius 1 is 1.11 bits per heavy atom. The standard InChI is InChI=1S/C19H12ClFN4O2/c20-13-3-1-2-4-15(13)25-17-12(9-22-25)19(8-16(26)24-17)11-6-5-10(21)7-14(11)23-18(19)27/h1-7,9H,8H2,(H,23,27)(H,24,26)/t19-/m1/s1. The van der Waals surface area contributed by atoms with Crippen molar-refractivity contribution in [2.75, 3.05) is 10.6 Å². The van der Waals surface area contributed by atoms with Crippen LogP contribution in [0.25, 0.3) is 5.69 Å².